The average Bonchev–Trinajstić information content (AvgIpc) is 2.74. The molecule has 0 spiro atoms. The summed E-state index contributed by atoms with van der Waals surface area (Å²) in [6, 6.07) is 8.45. The summed E-state index contributed by atoms with van der Waals surface area (Å²) in [4.78, 5) is 0. The van der Waals surface area contributed by atoms with Crippen LogP contribution in [0.4, 0.5) is 0 Å². The summed E-state index contributed by atoms with van der Waals surface area (Å²) in [6.45, 7) is 6.16. The van der Waals surface area contributed by atoms with E-state index >= 15 is 0 Å². The standard InChI is InChI=1S/C14H15N3/c1-4-13-12(8-15)9-16-17(13)14-7-10(2)5-6-11(14)3/h5-7,9H,4H2,1-3H3. The van der Waals surface area contributed by atoms with Gasteiger partial charge in [0.05, 0.1) is 23.1 Å². The minimum absolute atomic E-state index is 0.661. The van der Waals surface area contributed by atoms with Crippen LogP contribution >= 0.6 is 0 Å². The number of nitrogens with zero attached hydrogens (tertiary/aromatic N) is 3. The fourth-order valence-electron chi connectivity index (χ4n) is 1.96. The first-order chi connectivity index (χ1) is 8.17. The third kappa shape index (κ3) is 1.94. The first kappa shape index (κ1) is 11.4. The van der Waals surface area contributed by atoms with Crippen LogP contribution in [0.1, 0.15) is 29.3 Å². The Morgan fingerprint density at radius 1 is 1.35 bits per heavy atom. The van der Waals surface area contributed by atoms with Gasteiger partial charge < -0.3 is 0 Å². The Kier molecular flexibility index (Phi) is 2.97. The summed E-state index contributed by atoms with van der Waals surface area (Å²) >= 11 is 0. The van der Waals surface area contributed by atoms with Crippen LogP contribution in [0.5, 0.6) is 0 Å². The van der Waals surface area contributed by atoms with Gasteiger partial charge in [-0.2, -0.15) is 10.4 Å². The summed E-state index contributed by atoms with van der Waals surface area (Å²) in [5.74, 6) is 0. The Labute approximate surface area is 101 Å². The van der Waals surface area contributed by atoms with E-state index in [1.54, 1.807) is 6.20 Å². The van der Waals surface area contributed by atoms with Gasteiger partial charge >= 0.3 is 0 Å². The number of aromatic nitrogens is 2. The molecule has 2 aromatic rings. The van der Waals surface area contributed by atoms with Crippen molar-refractivity contribution in [3.8, 4) is 11.8 Å². The number of nitriles is 1. The lowest BCUT2D eigenvalue weighted by atomic mass is 10.1. The Balaban J connectivity index is 2.65. The highest BCUT2D eigenvalue weighted by Gasteiger charge is 2.11. The lowest BCUT2D eigenvalue weighted by Crippen LogP contribution is -2.04. The molecule has 3 heteroatoms. The molecule has 0 bridgehead atoms. The second-order valence-electron chi connectivity index (χ2n) is 4.17. The molecule has 1 aromatic heterocycles. The molecule has 0 aliphatic rings. The minimum atomic E-state index is 0.661. The van der Waals surface area contributed by atoms with Crippen LogP contribution in [0.25, 0.3) is 5.69 Å². The summed E-state index contributed by atoms with van der Waals surface area (Å²) in [6.07, 6.45) is 2.44. The molecule has 0 radical (unpaired) electrons. The Bertz CT molecular complexity index is 588. The number of aryl methyl sites for hydroxylation is 2. The van der Waals surface area contributed by atoms with Crippen molar-refractivity contribution in [1.29, 1.82) is 5.26 Å². The third-order valence-electron chi connectivity index (χ3n) is 2.92. The third-order valence-corrected chi connectivity index (χ3v) is 2.92. The smallest absolute Gasteiger partial charge is 0.103 e. The molecule has 1 aromatic carbocycles. The van der Waals surface area contributed by atoms with E-state index in [-0.39, 0.29) is 0 Å². The van der Waals surface area contributed by atoms with Gasteiger partial charge in [-0.05, 0) is 37.5 Å². The maximum atomic E-state index is 9.03. The molecule has 86 valence electrons. The van der Waals surface area contributed by atoms with Gasteiger partial charge in [0, 0.05) is 0 Å². The van der Waals surface area contributed by atoms with Crippen LogP contribution in [0.2, 0.25) is 0 Å². The zero-order chi connectivity index (χ0) is 12.4. The minimum Gasteiger partial charge on any atom is -0.236 e. The number of hydrogen-bond donors (Lipinski definition) is 0. The van der Waals surface area contributed by atoms with Crippen LogP contribution in [0.15, 0.2) is 24.4 Å². The van der Waals surface area contributed by atoms with Crippen molar-refractivity contribution in [1.82, 2.24) is 9.78 Å². The molecule has 0 saturated heterocycles. The van der Waals surface area contributed by atoms with E-state index in [1.807, 2.05) is 11.6 Å². The van der Waals surface area contributed by atoms with Gasteiger partial charge in [-0.1, -0.05) is 19.1 Å². The predicted molar refractivity (Wildman–Crippen MR) is 67.1 cm³/mol. The topological polar surface area (TPSA) is 41.6 Å². The van der Waals surface area contributed by atoms with Crippen LogP contribution in [-0.2, 0) is 6.42 Å². The SMILES string of the molecule is CCc1c(C#N)cnn1-c1cc(C)ccc1C. The molecule has 0 atom stereocenters. The molecule has 0 N–H and O–H groups in total. The van der Waals surface area contributed by atoms with E-state index < -0.39 is 0 Å². The van der Waals surface area contributed by atoms with E-state index in [9.17, 15) is 0 Å². The maximum Gasteiger partial charge on any atom is 0.103 e. The van der Waals surface area contributed by atoms with Gasteiger partial charge in [-0.25, -0.2) is 4.68 Å². The molecule has 0 aliphatic carbocycles. The van der Waals surface area contributed by atoms with Gasteiger partial charge in [-0.3, -0.25) is 0 Å². The Morgan fingerprint density at radius 2 is 2.12 bits per heavy atom. The molecule has 0 saturated carbocycles. The molecule has 0 unspecified atom stereocenters. The molecule has 0 aliphatic heterocycles. The van der Waals surface area contributed by atoms with Gasteiger partial charge in [0.25, 0.3) is 0 Å². The summed E-state index contributed by atoms with van der Waals surface area (Å²) in [5, 5.41) is 13.4. The normalized spacial score (nSPS) is 10.2. The fraction of sp³-hybridized carbons (Fsp3) is 0.286. The van der Waals surface area contributed by atoms with Gasteiger partial charge in [0.2, 0.25) is 0 Å². The number of hydrogen-bond acceptors (Lipinski definition) is 2. The summed E-state index contributed by atoms with van der Waals surface area (Å²) in [5.41, 5.74) is 5.05. The van der Waals surface area contributed by atoms with Crippen molar-refractivity contribution >= 4 is 0 Å². The van der Waals surface area contributed by atoms with Gasteiger partial charge in [0.15, 0.2) is 0 Å². The largest absolute Gasteiger partial charge is 0.236 e. The molecular weight excluding hydrogens is 210 g/mol. The van der Waals surface area contributed by atoms with Crippen molar-refractivity contribution in [3.05, 3.63) is 46.8 Å². The van der Waals surface area contributed by atoms with E-state index in [1.165, 1.54) is 5.56 Å². The molecule has 2 rings (SSSR count). The van der Waals surface area contributed by atoms with Crippen molar-refractivity contribution in [3.63, 3.8) is 0 Å². The summed E-state index contributed by atoms with van der Waals surface area (Å²) < 4.78 is 1.88. The van der Waals surface area contributed by atoms with Crippen molar-refractivity contribution in [2.24, 2.45) is 0 Å². The van der Waals surface area contributed by atoms with E-state index in [0.717, 1.165) is 23.4 Å². The van der Waals surface area contributed by atoms with Crippen LogP contribution in [0, 0.1) is 25.2 Å². The Morgan fingerprint density at radius 3 is 2.76 bits per heavy atom. The van der Waals surface area contributed by atoms with Crippen LogP contribution < -0.4 is 0 Å². The molecule has 3 nitrogen and oxygen atoms in total. The van der Waals surface area contributed by atoms with E-state index in [4.69, 9.17) is 5.26 Å². The highest BCUT2D eigenvalue weighted by molar-refractivity contribution is 5.46. The zero-order valence-electron chi connectivity index (χ0n) is 10.4. The predicted octanol–water partition coefficient (Wildman–Crippen LogP) is 2.92. The lowest BCUT2D eigenvalue weighted by Gasteiger charge is -2.10. The number of rotatable bonds is 2. The first-order valence-electron chi connectivity index (χ1n) is 5.72. The van der Waals surface area contributed by atoms with Crippen molar-refractivity contribution < 1.29 is 0 Å². The maximum absolute atomic E-state index is 9.03. The summed E-state index contributed by atoms with van der Waals surface area (Å²) in [7, 11) is 0. The van der Waals surface area contributed by atoms with Gasteiger partial charge in [-0.15, -0.1) is 0 Å². The van der Waals surface area contributed by atoms with Crippen LogP contribution in [0.3, 0.4) is 0 Å². The van der Waals surface area contributed by atoms with Crippen LogP contribution in [-0.4, -0.2) is 9.78 Å². The first-order valence-corrected chi connectivity index (χ1v) is 5.72. The molecule has 1 heterocycles. The monoisotopic (exact) mass is 225 g/mol. The molecule has 17 heavy (non-hydrogen) atoms. The quantitative estimate of drug-likeness (QED) is 0.788. The average molecular weight is 225 g/mol. The highest BCUT2D eigenvalue weighted by Crippen LogP contribution is 2.19. The van der Waals surface area contributed by atoms with Crippen molar-refractivity contribution in [2.75, 3.05) is 0 Å². The molecular formula is C14H15N3. The Hall–Kier alpha value is -2.08. The second kappa shape index (κ2) is 4.42. The molecule has 0 amide bonds. The van der Waals surface area contributed by atoms with E-state index in [0.29, 0.717) is 5.56 Å². The fourth-order valence-corrected chi connectivity index (χ4v) is 1.96. The zero-order valence-corrected chi connectivity index (χ0v) is 10.4. The lowest BCUT2D eigenvalue weighted by molar-refractivity contribution is 0.807. The number of benzene rings is 1. The van der Waals surface area contributed by atoms with Crippen molar-refractivity contribution in [2.45, 2.75) is 27.2 Å². The molecule has 0 fully saturated rings. The highest BCUT2D eigenvalue weighted by atomic mass is 15.3. The van der Waals surface area contributed by atoms with E-state index in [2.05, 4.69) is 43.2 Å². The van der Waals surface area contributed by atoms with Gasteiger partial charge in [0.1, 0.15) is 6.07 Å². The second-order valence-corrected chi connectivity index (χ2v) is 4.17.